The van der Waals surface area contributed by atoms with E-state index in [1.165, 1.54) is 0 Å². The molecular weight excluding hydrogens is 342 g/mol. The number of carbonyl (C=O) groups excluding carboxylic acids is 3. The number of piperidine rings is 1. The van der Waals surface area contributed by atoms with Crippen molar-refractivity contribution in [3.05, 3.63) is 29.8 Å². The Balaban J connectivity index is 1.92. The lowest BCUT2D eigenvalue weighted by Gasteiger charge is -2.32. The predicted octanol–water partition coefficient (Wildman–Crippen LogP) is 3.19. The monoisotopic (exact) mass is 373 g/mol. The fourth-order valence-electron chi connectivity index (χ4n) is 3.24. The second-order valence-corrected chi connectivity index (χ2v) is 7.11. The summed E-state index contributed by atoms with van der Waals surface area (Å²) < 4.78 is 0. The third-order valence-electron chi connectivity index (χ3n) is 4.80. The average Bonchev–Trinajstić information content (AvgIpc) is 2.68. The standard InChI is InChI=1S/C21H31N3O3/c1-3-5-13-22-20(26)17-8-6-14-24(15-17)21(27)16-9-11-18(12-10-16)23-19(25)7-4-2/h9-12,17H,3-8,13-15H2,1-2H3,(H,22,26)(H,23,25)/t17-/m1/s1. The molecule has 0 radical (unpaired) electrons. The molecule has 148 valence electrons. The van der Waals surface area contributed by atoms with Crippen molar-refractivity contribution in [1.29, 1.82) is 0 Å². The number of nitrogens with one attached hydrogen (secondary N) is 2. The van der Waals surface area contributed by atoms with E-state index in [4.69, 9.17) is 0 Å². The molecule has 2 N–H and O–H groups in total. The molecule has 6 nitrogen and oxygen atoms in total. The Hall–Kier alpha value is -2.37. The zero-order chi connectivity index (χ0) is 19.6. The Kier molecular flexibility index (Phi) is 8.30. The molecule has 2 rings (SSSR count). The normalized spacial score (nSPS) is 16.7. The number of benzene rings is 1. The Morgan fingerprint density at radius 2 is 1.85 bits per heavy atom. The molecule has 0 aromatic heterocycles. The van der Waals surface area contributed by atoms with Crippen LogP contribution in [0, 0.1) is 5.92 Å². The van der Waals surface area contributed by atoms with E-state index in [0.29, 0.717) is 37.3 Å². The van der Waals surface area contributed by atoms with Crippen molar-refractivity contribution < 1.29 is 14.4 Å². The molecule has 0 bridgehead atoms. The summed E-state index contributed by atoms with van der Waals surface area (Å²) in [5, 5.41) is 5.79. The smallest absolute Gasteiger partial charge is 0.253 e. The van der Waals surface area contributed by atoms with Gasteiger partial charge in [0, 0.05) is 37.3 Å². The molecule has 1 fully saturated rings. The largest absolute Gasteiger partial charge is 0.356 e. The van der Waals surface area contributed by atoms with Crippen LogP contribution in [0.25, 0.3) is 0 Å². The van der Waals surface area contributed by atoms with E-state index in [9.17, 15) is 14.4 Å². The summed E-state index contributed by atoms with van der Waals surface area (Å²) >= 11 is 0. The van der Waals surface area contributed by atoms with E-state index in [2.05, 4.69) is 17.6 Å². The van der Waals surface area contributed by atoms with Crippen LogP contribution in [-0.2, 0) is 9.59 Å². The number of hydrogen-bond donors (Lipinski definition) is 2. The fraction of sp³-hybridized carbons (Fsp3) is 0.571. The van der Waals surface area contributed by atoms with E-state index in [1.807, 2.05) is 6.92 Å². The van der Waals surface area contributed by atoms with Gasteiger partial charge in [-0.2, -0.15) is 0 Å². The molecule has 1 saturated heterocycles. The maximum atomic E-state index is 12.8. The van der Waals surface area contributed by atoms with Crippen LogP contribution in [0.15, 0.2) is 24.3 Å². The number of nitrogens with zero attached hydrogens (tertiary/aromatic N) is 1. The first-order valence-corrected chi connectivity index (χ1v) is 10.0. The zero-order valence-corrected chi connectivity index (χ0v) is 16.4. The van der Waals surface area contributed by atoms with Crippen LogP contribution in [0.5, 0.6) is 0 Å². The van der Waals surface area contributed by atoms with E-state index >= 15 is 0 Å². The van der Waals surface area contributed by atoms with Gasteiger partial charge in [-0.05, 0) is 49.9 Å². The van der Waals surface area contributed by atoms with Gasteiger partial charge in [0.2, 0.25) is 11.8 Å². The van der Waals surface area contributed by atoms with Gasteiger partial charge in [-0.3, -0.25) is 14.4 Å². The Labute approximate surface area is 161 Å². The van der Waals surface area contributed by atoms with Gasteiger partial charge in [-0.25, -0.2) is 0 Å². The van der Waals surface area contributed by atoms with Crippen LogP contribution in [0.2, 0.25) is 0 Å². The molecule has 6 heteroatoms. The summed E-state index contributed by atoms with van der Waals surface area (Å²) in [6.07, 6.45) is 4.96. The summed E-state index contributed by atoms with van der Waals surface area (Å²) in [5.74, 6) is -0.167. The van der Waals surface area contributed by atoms with Crippen LogP contribution in [0.3, 0.4) is 0 Å². The number of anilines is 1. The molecule has 0 unspecified atom stereocenters. The van der Waals surface area contributed by atoms with Gasteiger partial charge >= 0.3 is 0 Å². The van der Waals surface area contributed by atoms with Gasteiger partial charge in [0.05, 0.1) is 5.92 Å². The molecule has 1 aromatic rings. The number of carbonyl (C=O) groups is 3. The fourth-order valence-corrected chi connectivity index (χ4v) is 3.24. The van der Waals surface area contributed by atoms with Gasteiger partial charge in [-0.1, -0.05) is 20.3 Å². The van der Waals surface area contributed by atoms with Crippen molar-refractivity contribution in [1.82, 2.24) is 10.2 Å². The molecule has 3 amide bonds. The average molecular weight is 373 g/mol. The lowest BCUT2D eigenvalue weighted by atomic mass is 9.96. The predicted molar refractivity (Wildman–Crippen MR) is 107 cm³/mol. The second-order valence-electron chi connectivity index (χ2n) is 7.11. The Morgan fingerprint density at radius 1 is 1.11 bits per heavy atom. The highest BCUT2D eigenvalue weighted by Crippen LogP contribution is 2.20. The first-order valence-electron chi connectivity index (χ1n) is 10.0. The lowest BCUT2D eigenvalue weighted by Crippen LogP contribution is -2.45. The summed E-state index contributed by atoms with van der Waals surface area (Å²) in [6, 6.07) is 6.96. The number of hydrogen-bond acceptors (Lipinski definition) is 3. The van der Waals surface area contributed by atoms with Crippen molar-refractivity contribution in [3.8, 4) is 0 Å². The summed E-state index contributed by atoms with van der Waals surface area (Å²) in [5.41, 5.74) is 1.27. The van der Waals surface area contributed by atoms with Crippen molar-refractivity contribution in [3.63, 3.8) is 0 Å². The number of likely N-dealkylation sites (tertiary alicyclic amines) is 1. The second kappa shape index (κ2) is 10.7. The van der Waals surface area contributed by atoms with Crippen molar-refractivity contribution in [2.75, 3.05) is 25.0 Å². The lowest BCUT2D eigenvalue weighted by molar-refractivity contribution is -0.126. The number of unbranched alkanes of at least 4 members (excludes halogenated alkanes) is 1. The molecular formula is C21H31N3O3. The summed E-state index contributed by atoms with van der Waals surface area (Å²) in [6.45, 7) is 5.88. The number of rotatable bonds is 8. The summed E-state index contributed by atoms with van der Waals surface area (Å²) in [4.78, 5) is 38.5. The van der Waals surface area contributed by atoms with Gasteiger partial charge in [0.25, 0.3) is 5.91 Å². The molecule has 0 aliphatic carbocycles. The molecule has 1 atom stereocenters. The third-order valence-corrected chi connectivity index (χ3v) is 4.80. The minimum atomic E-state index is -0.132. The third kappa shape index (κ3) is 6.38. The molecule has 27 heavy (non-hydrogen) atoms. The molecule has 0 saturated carbocycles. The van der Waals surface area contributed by atoms with Crippen LogP contribution in [0.4, 0.5) is 5.69 Å². The SMILES string of the molecule is CCCCNC(=O)[C@@H]1CCCN(C(=O)c2ccc(NC(=O)CCC)cc2)C1. The molecule has 1 aromatic carbocycles. The maximum Gasteiger partial charge on any atom is 0.253 e. The minimum Gasteiger partial charge on any atom is -0.356 e. The Morgan fingerprint density at radius 3 is 2.52 bits per heavy atom. The van der Waals surface area contributed by atoms with Gasteiger partial charge in [-0.15, -0.1) is 0 Å². The first kappa shape index (κ1) is 20.9. The van der Waals surface area contributed by atoms with Crippen LogP contribution < -0.4 is 10.6 Å². The highest BCUT2D eigenvalue weighted by Gasteiger charge is 2.28. The van der Waals surface area contributed by atoms with Crippen LogP contribution >= 0.6 is 0 Å². The molecule has 0 spiro atoms. The topological polar surface area (TPSA) is 78.5 Å². The van der Waals surface area contributed by atoms with Crippen LogP contribution in [-0.4, -0.2) is 42.3 Å². The highest BCUT2D eigenvalue weighted by atomic mass is 16.2. The number of amides is 3. The minimum absolute atomic E-state index is 0.0236. The Bertz CT molecular complexity index is 643. The van der Waals surface area contributed by atoms with Crippen LogP contribution in [0.1, 0.15) is 62.7 Å². The van der Waals surface area contributed by atoms with Gasteiger partial charge in [0.1, 0.15) is 0 Å². The molecule has 1 heterocycles. The zero-order valence-electron chi connectivity index (χ0n) is 16.4. The maximum absolute atomic E-state index is 12.8. The highest BCUT2D eigenvalue weighted by molar-refractivity contribution is 5.96. The van der Waals surface area contributed by atoms with E-state index in [1.54, 1.807) is 29.2 Å². The van der Waals surface area contributed by atoms with Crippen molar-refractivity contribution >= 4 is 23.4 Å². The van der Waals surface area contributed by atoms with E-state index < -0.39 is 0 Å². The van der Waals surface area contributed by atoms with E-state index in [0.717, 1.165) is 32.1 Å². The quantitative estimate of drug-likeness (QED) is 0.687. The molecule has 1 aliphatic heterocycles. The van der Waals surface area contributed by atoms with Gasteiger partial charge in [0.15, 0.2) is 0 Å². The molecule has 1 aliphatic rings. The van der Waals surface area contributed by atoms with Crippen molar-refractivity contribution in [2.24, 2.45) is 5.92 Å². The first-order chi connectivity index (χ1) is 13.0. The summed E-state index contributed by atoms with van der Waals surface area (Å²) in [7, 11) is 0. The van der Waals surface area contributed by atoms with Gasteiger partial charge < -0.3 is 15.5 Å². The van der Waals surface area contributed by atoms with Crippen molar-refractivity contribution in [2.45, 2.75) is 52.4 Å². The van der Waals surface area contributed by atoms with E-state index in [-0.39, 0.29) is 23.6 Å².